The number of phenols is 1. The van der Waals surface area contributed by atoms with Gasteiger partial charge in [0, 0.05) is 19.1 Å². The fourth-order valence-electron chi connectivity index (χ4n) is 2.85. The second-order valence-electron chi connectivity index (χ2n) is 6.13. The summed E-state index contributed by atoms with van der Waals surface area (Å²) in [6.07, 6.45) is 2.56. The first-order valence-electron chi connectivity index (χ1n) is 7.81. The van der Waals surface area contributed by atoms with Crippen molar-refractivity contribution in [3.05, 3.63) is 59.2 Å². The molecule has 0 radical (unpaired) electrons. The van der Waals surface area contributed by atoms with E-state index in [1.54, 1.807) is 13.2 Å². The largest absolute Gasteiger partial charge is 0.504 e. The minimum atomic E-state index is 0.197. The average Bonchev–Trinajstić information content (AvgIpc) is 3.33. The third-order valence-corrected chi connectivity index (χ3v) is 4.16. The van der Waals surface area contributed by atoms with Crippen molar-refractivity contribution in [2.24, 2.45) is 0 Å². The van der Waals surface area contributed by atoms with Gasteiger partial charge in [0.25, 0.3) is 0 Å². The normalized spacial score (nSPS) is 14.3. The number of aryl methyl sites for hydroxylation is 1. The van der Waals surface area contributed by atoms with E-state index in [-0.39, 0.29) is 5.75 Å². The molecule has 1 fully saturated rings. The Bertz CT molecular complexity index is 650. The molecule has 3 rings (SSSR count). The molecule has 1 aliphatic rings. The van der Waals surface area contributed by atoms with Crippen molar-refractivity contribution in [1.82, 2.24) is 4.90 Å². The molecule has 1 aliphatic carbocycles. The van der Waals surface area contributed by atoms with Gasteiger partial charge < -0.3 is 9.84 Å². The predicted molar refractivity (Wildman–Crippen MR) is 88.1 cm³/mol. The first-order chi connectivity index (χ1) is 10.7. The zero-order valence-corrected chi connectivity index (χ0v) is 13.2. The molecule has 22 heavy (non-hydrogen) atoms. The summed E-state index contributed by atoms with van der Waals surface area (Å²) in [5.74, 6) is 0.742. The van der Waals surface area contributed by atoms with Crippen LogP contribution in [0.1, 0.15) is 29.5 Å². The summed E-state index contributed by atoms with van der Waals surface area (Å²) in [4.78, 5) is 2.51. The van der Waals surface area contributed by atoms with Gasteiger partial charge in [0.2, 0.25) is 0 Å². The van der Waals surface area contributed by atoms with Crippen molar-refractivity contribution in [2.75, 3.05) is 7.11 Å². The highest BCUT2D eigenvalue weighted by Crippen LogP contribution is 2.32. The van der Waals surface area contributed by atoms with Crippen molar-refractivity contribution < 1.29 is 9.84 Å². The van der Waals surface area contributed by atoms with E-state index in [0.29, 0.717) is 11.8 Å². The molecule has 0 bridgehead atoms. The minimum Gasteiger partial charge on any atom is -0.504 e. The Hall–Kier alpha value is -2.00. The second kappa shape index (κ2) is 6.41. The van der Waals surface area contributed by atoms with Crippen LogP contribution < -0.4 is 4.74 Å². The summed E-state index contributed by atoms with van der Waals surface area (Å²) >= 11 is 0. The third-order valence-electron chi connectivity index (χ3n) is 4.16. The lowest BCUT2D eigenvalue weighted by molar-refractivity contribution is 0.245. The van der Waals surface area contributed by atoms with Crippen molar-refractivity contribution in [3.63, 3.8) is 0 Å². The van der Waals surface area contributed by atoms with Gasteiger partial charge in [-0.25, -0.2) is 0 Å². The molecule has 0 amide bonds. The van der Waals surface area contributed by atoms with Crippen LogP contribution in [-0.4, -0.2) is 23.2 Å². The van der Waals surface area contributed by atoms with Crippen molar-refractivity contribution in [2.45, 2.75) is 38.9 Å². The molecule has 2 aromatic rings. The highest BCUT2D eigenvalue weighted by Gasteiger charge is 2.29. The van der Waals surface area contributed by atoms with Gasteiger partial charge in [-0.2, -0.15) is 0 Å². The van der Waals surface area contributed by atoms with Crippen LogP contribution in [0.15, 0.2) is 42.5 Å². The van der Waals surface area contributed by atoms with Crippen LogP contribution in [0.4, 0.5) is 0 Å². The Balaban J connectivity index is 1.75. The molecule has 0 saturated heterocycles. The van der Waals surface area contributed by atoms with Gasteiger partial charge in [-0.05, 0) is 43.0 Å². The summed E-state index contributed by atoms with van der Waals surface area (Å²) in [7, 11) is 1.59. The molecule has 3 nitrogen and oxygen atoms in total. The van der Waals surface area contributed by atoms with Gasteiger partial charge in [-0.15, -0.1) is 0 Å². The van der Waals surface area contributed by atoms with E-state index >= 15 is 0 Å². The molecule has 0 aromatic heterocycles. The van der Waals surface area contributed by atoms with E-state index < -0.39 is 0 Å². The van der Waals surface area contributed by atoms with Gasteiger partial charge in [0.15, 0.2) is 11.5 Å². The monoisotopic (exact) mass is 297 g/mol. The Labute approximate surface area is 132 Å². The lowest BCUT2D eigenvalue weighted by atomic mass is 10.1. The maximum absolute atomic E-state index is 9.72. The topological polar surface area (TPSA) is 32.7 Å². The van der Waals surface area contributed by atoms with Gasteiger partial charge in [-0.3, -0.25) is 4.90 Å². The number of hydrogen-bond donors (Lipinski definition) is 1. The Morgan fingerprint density at radius 3 is 2.45 bits per heavy atom. The van der Waals surface area contributed by atoms with Crippen molar-refractivity contribution >= 4 is 0 Å². The fourth-order valence-corrected chi connectivity index (χ4v) is 2.85. The number of nitrogens with zero attached hydrogens (tertiary/aromatic N) is 1. The van der Waals surface area contributed by atoms with Crippen molar-refractivity contribution in [1.29, 1.82) is 0 Å². The summed E-state index contributed by atoms with van der Waals surface area (Å²) in [5, 5.41) is 9.72. The summed E-state index contributed by atoms with van der Waals surface area (Å²) in [6.45, 7) is 3.99. The van der Waals surface area contributed by atoms with E-state index in [1.807, 2.05) is 12.1 Å². The number of methoxy groups -OCH3 is 1. The fraction of sp³-hybridized carbons (Fsp3) is 0.368. The number of aromatic hydroxyl groups is 1. The number of ether oxygens (including phenoxy) is 1. The molecule has 0 atom stereocenters. The lowest BCUT2D eigenvalue weighted by Crippen LogP contribution is -2.25. The molecular weight excluding hydrogens is 274 g/mol. The molecule has 1 saturated carbocycles. The summed E-state index contributed by atoms with van der Waals surface area (Å²) in [5.41, 5.74) is 3.84. The quantitative estimate of drug-likeness (QED) is 0.878. The molecule has 0 heterocycles. The Morgan fingerprint density at radius 2 is 1.82 bits per heavy atom. The highest BCUT2D eigenvalue weighted by molar-refractivity contribution is 5.41. The molecule has 1 N–H and O–H groups in total. The average molecular weight is 297 g/mol. The molecule has 0 spiro atoms. The number of phenolic OH excluding ortho intramolecular Hbond substituents is 1. The van der Waals surface area contributed by atoms with Crippen LogP contribution in [0.25, 0.3) is 0 Å². The Kier molecular flexibility index (Phi) is 4.34. The first kappa shape index (κ1) is 14.9. The summed E-state index contributed by atoms with van der Waals surface area (Å²) < 4.78 is 5.21. The number of benzene rings is 2. The van der Waals surface area contributed by atoms with Crippen molar-refractivity contribution in [3.8, 4) is 11.5 Å². The second-order valence-corrected chi connectivity index (χ2v) is 6.13. The van der Waals surface area contributed by atoms with Gasteiger partial charge in [0.1, 0.15) is 0 Å². The number of hydrogen-bond acceptors (Lipinski definition) is 3. The number of rotatable bonds is 6. The minimum absolute atomic E-state index is 0.197. The molecule has 0 aliphatic heterocycles. The summed E-state index contributed by atoms with van der Waals surface area (Å²) in [6, 6.07) is 15.0. The zero-order valence-electron chi connectivity index (χ0n) is 13.2. The van der Waals surface area contributed by atoms with Crippen LogP contribution in [0.2, 0.25) is 0 Å². The molecule has 0 unspecified atom stereocenters. The standard InChI is InChI=1S/C19H23NO2/c1-14-4-3-5-15(10-14)12-20(17-7-8-17)13-16-6-9-18(21)19(11-16)22-2/h3-6,9-11,17,21H,7-8,12-13H2,1-2H3. The van der Waals surface area contributed by atoms with Crippen LogP contribution in [0.3, 0.4) is 0 Å². The van der Waals surface area contributed by atoms with E-state index in [9.17, 15) is 5.11 Å². The van der Waals surface area contributed by atoms with Gasteiger partial charge >= 0.3 is 0 Å². The third kappa shape index (κ3) is 3.60. The van der Waals surface area contributed by atoms with Gasteiger partial charge in [0.05, 0.1) is 7.11 Å². The van der Waals surface area contributed by atoms with Crippen LogP contribution in [0.5, 0.6) is 11.5 Å². The highest BCUT2D eigenvalue weighted by atomic mass is 16.5. The maximum Gasteiger partial charge on any atom is 0.160 e. The smallest absolute Gasteiger partial charge is 0.160 e. The molecule has 2 aromatic carbocycles. The Morgan fingerprint density at radius 1 is 1.09 bits per heavy atom. The zero-order chi connectivity index (χ0) is 15.5. The molecular formula is C19H23NO2. The van der Waals surface area contributed by atoms with Crippen LogP contribution in [0, 0.1) is 6.92 Å². The molecule has 116 valence electrons. The maximum atomic E-state index is 9.72. The van der Waals surface area contributed by atoms with E-state index in [2.05, 4.69) is 36.1 Å². The predicted octanol–water partition coefficient (Wildman–Crippen LogP) is 3.87. The van der Waals surface area contributed by atoms with Crippen LogP contribution >= 0.6 is 0 Å². The molecule has 3 heteroatoms. The SMILES string of the molecule is COc1cc(CN(Cc2cccc(C)c2)C2CC2)ccc1O. The van der Waals surface area contributed by atoms with E-state index in [0.717, 1.165) is 13.1 Å². The lowest BCUT2D eigenvalue weighted by Gasteiger charge is -2.23. The van der Waals surface area contributed by atoms with E-state index in [4.69, 9.17) is 4.74 Å². The van der Waals surface area contributed by atoms with Crippen LogP contribution in [-0.2, 0) is 13.1 Å². The van der Waals surface area contributed by atoms with E-state index in [1.165, 1.54) is 29.5 Å². The van der Waals surface area contributed by atoms with Gasteiger partial charge in [-0.1, -0.05) is 35.9 Å². The first-order valence-corrected chi connectivity index (χ1v) is 7.81.